The smallest absolute Gasteiger partial charge is 0.201 e. The second-order valence-corrected chi connectivity index (χ2v) is 4.38. The van der Waals surface area contributed by atoms with Gasteiger partial charge in [-0.05, 0) is 50.5 Å². The van der Waals surface area contributed by atoms with Crippen LogP contribution >= 0.6 is 0 Å². The van der Waals surface area contributed by atoms with Crippen LogP contribution in [0.1, 0.15) is 22.3 Å². The molecule has 1 heterocycles. The van der Waals surface area contributed by atoms with Crippen molar-refractivity contribution in [3.8, 4) is 0 Å². The van der Waals surface area contributed by atoms with Crippen LogP contribution in [0, 0.1) is 27.7 Å². The van der Waals surface area contributed by atoms with Crippen molar-refractivity contribution in [2.75, 3.05) is 0 Å². The fourth-order valence-corrected chi connectivity index (χ4v) is 2.32. The average molecular weight is 200 g/mol. The topological polar surface area (TPSA) is 3.88 Å². The molecule has 0 aliphatic rings. The Morgan fingerprint density at radius 2 is 1.47 bits per heavy atom. The Morgan fingerprint density at radius 1 is 0.867 bits per heavy atom. The zero-order valence-corrected chi connectivity index (χ0v) is 10.2. The highest BCUT2D eigenvalue weighted by atomic mass is 14.9. The van der Waals surface area contributed by atoms with E-state index < -0.39 is 0 Å². The quantitative estimate of drug-likeness (QED) is 0.576. The van der Waals surface area contributed by atoms with E-state index in [-0.39, 0.29) is 0 Å². The molecule has 0 fully saturated rings. The molecule has 0 spiro atoms. The summed E-state index contributed by atoms with van der Waals surface area (Å²) >= 11 is 0. The van der Waals surface area contributed by atoms with Crippen molar-refractivity contribution in [3.05, 3.63) is 40.6 Å². The van der Waals surface area contributed by atoms with Crippen molar-refractivity contribution in [2.45, 2.75) is 27.7 Å². The van der Waals surface area contributed by atoms with Gasteiger partial charge in [0.05, 0.1) is 0 Å². The monoisotopic (exact) mass is 200 g/mol. The molecule has 15 heavy (non-hydrogen) atoms. The summed E-state index contributed by atoms with van der Waals surface area (Å²) in [4.78, 5) is 0. The number of rotatable bonds is 0. The van der Waals surface area contributed by atoms with E-state index in [0.717, 1.165) is 0 Å². The number of aromatic nitrogens is 1. The van der Waals surface area contributed by atoms with E-state index in [4.69, 9.17) is 0 Å². The molecule has 1 aromatic heterocycles. The zero-order chi connectivity index (χ0) is 11.2. The lowest BCUT2D eigenvalue weighted by Gasteiger charge is -2.11. The molecule has 1 nitrogen and oxygen atoms in total. The molecule has 0 aliphatic carbocycles. The van der Waals surface area contributed by atoms with Crippen molar-refractivity contribution < 1.29 is 4.57 Å². The van der Waals surface area contributed by atoms with Crippen molar-refractivity contribution in [1.82, 2.24) is 0 Å². The van der Waals surface area contributed by atoms with Crippen molar-refractivity contribution in [1.29, 1.82) is 0 Å². The van der Waals surface area contributed by atoms with Crippen LogP contribution < -0.4 is 4.57 Å². The van der Waals surface area contributed by atoms with Crippen LogP contribution in [0.3, 0.4) is 0 Å². The first-order chi connectivity index (χ1) is 7.04. The van der Waals surface area contributed by atoms with Crippen LogP contribution in [0.25, 0.3) is 10.9 Å². The molecule has 0 saturated heterocycles. The Labute approximate surface area is 91.4 Å². The average Bonchev–Trinajstić information content (AvgIpc) is 2.23. The molecule has 1 aromatic carbocycles. The predicted molar refractivity (Wildman–Crippen MR) is 64.1 cm³/mol. The lowest BCUT2D eigenvalue weighted by Crippen LogP contribution is -2.29. The number of nitrogens with zero attached hydrogens (tertiary/aromatic N) is 1. The number of hydrogen-bond acceptors (Lipinski definition) is 0. The third-order valence-electron chi connectivity index (χ3n) is 3.63. The lowest BCUT2D eigenvalue weighted by molar-refractivity contribution is -0.645. The van der Waals surface area contributed by atoms with Gasteiger partial charge in [-0.25, -0.2) is 4.57 Å². The second-order valence-electron chi connectivity index (χ2n) is 4.38. The summed E-state index contributed by atoms with van der Waals surface area (Å²) in [6, 6.07) is 4.33. The molecule has 0 bridgehead atoms. The van der Waals surface area contributed by atoms with Gasteiger partial charge in [-0.3, -0.25) is 0 Å². The molecule has 0 saturated carbocycles. The first kappa shape index (κ1) is 10.2. The molecule has 2 rings (SSSR count). The summed E-state index contributed by atoms with van der Waals surface area (Å²) in [5.74, 6) is 0. The fraction of sp³-hybridized carbons (Fsp3) is 0.357. The van der Waals surface area contributed by atoms with Gasteiger partial charge in [0.15, 0.2) is 6.20 Å². The lowest BCUT2D eigenvalue weighted by atomic mass is 9.94. The van der Waals surface area contributed by atoms with Crippen LogP contribution in [0.4, 0.5) is 0 Å². The standard InChI is InChI=1S/C14H18N/c1-9-10(2)12(4)14-13(11(9)3)7-6-8-15(14)5/h6-8H,1-5H3/q+1. The van der Waals surface area contributed by atoms with E-state index >= 15 is 0 Å². The highest BCUT2D eigenvalue weighted by Crippen LogP contribution is 2.26. The van der Waals surface area contributed by atoms with Crippen LogP contribution in [-0.2, 0) is 7.05 Å². The normalized spacial score (nSPS) is 11.0. The van der Waals surface area contributed by atoms with Gasteiger partial charge in [0.2, 0.25) is 5.52 Å². The Kier molecular flexibility index (Phi) is 2.26. The van der Waals surface area contributed by atoms with Crippen LogP contribution in [0.2, 0.25) is 0 Å². The summed E-state index contributed by atoms with van der Waals surface area (Å²) in [6.45, 7) is 8.85. The molecule has 0 amide bonds. The van der Waals surface area contributed by atoms with Gasteiger partial charge in [-0.15, -0.1) is 0 Å². The Bertz CT molecular complexity index is 539. The molecular weight excluding hydrogens is 182 g/mol. The molecule has 0 aliphatic heterocycles. The minimum atomic E-state index is 1.36. The third-order valence-corrected chi connectivity index (χ3v) is 3.63. The Morgan fingerprint density at radius 3 is 2.13 bits per heavy atom. The number of benzene rings is 1. The summed E-state index contributed by atoms with van der Waals surface area (Å²) < 4.78 is 2.21. The molecule has 1 heteroatoms. The molecule has 0 atom stereocenters. The largest absolute Gasteiger partial charge is 0.215 e. The van der Waals surface area contributed by atoms with E-state index in [1.54, 1.807) is 0 Å². The second kappa shape index (κ2) is 3.34. The molecule has 78 valence electrons. The van der Waals surface area contributed by atoms with Gasteiger partial charge in [0, 0.05) is 17.0 Å². The maximum absolute atomic E-state index is 2.21. The summed E-state index contributed by atoms with van der Waals surface area (Å²) in [7, 11) is 2.11. The van der Waals surface area contributed by atoms with Crippen LogP contribution in [0.5, 0.6) is 0 Å². The highest BCUT2D eigenvalue weighted by Gasteiger charge is 2.14. The summed E-state index contributed by atoms with van der Waals surface area (Å²) in [5, 5.41) is 1.38. The minimum Gasteiger partial charge on any atom is -0.201 e. The number of aryl methyl sites for hydroxylation is 3. The summed E-state index contributed by atoms with van der Waals surface area (Å²) in [5.41, 5.74) is 7.01. The molecule has 0 unspecified atom stereocenters. The zero-order valence-electron chi connectivity index (χ0n) is 10.2. The Balaban J connectivity index is 3.08. The van der Waals surface area contributed by atoms with Crippen molar-refractivity contribution in [3.63, 3.8) is 0 Å². The highest BCUT2D eigenvalue weighted by molar-refractivity contribution is 5.84. The van der Waals surface area contributed by atoms with Crippen LogP contribution in [0.15, 0.2) is 18.3 Å². The van der Waals surface area contributed by atoms with Crippen LogP contribution in [-0.4, -0.2) is 0 Å². The van der Waals surface area contributed by atoms with E-state index in [1.807, 2.05) is 0 Å². The number of pyridine rings is 1. The van der Waals surface area contributed by atoms with Crippen molar-refractivity contribution in [2.24, 2.45) is 7.05 Å². The molecule has 0 N–H and O–H groups in total. The fourth-order valence-electron chi connectivity index (χ4n) is 2.32. The van der Waals surface area contributed by atoms with Gasteiger partial charge >= 0.3 is 0 Å². The van der Waals surface area contributed by atoms with Crippen molar-refractivity contribution >= 4 is 10.9 Å². The van der Waals surface area contributed by atoms with E-state index in [2.05, 4.69) is 57.6 Å². The number of fused-ring (bicyclic) bond motifs is 1. The van der Waals surface area contributed by atoms with Gasteiger partial charge in [-0.2, -0.15) is 0 Å². The SMILES string of the molecule is Cc1c(C)c(C)c2c(ccc[n+]2C)c1C. The minimum absolute atomic E-state index is 1.36. The van der Waals surface area contributed by atoms with E-state index in [1.165, 1.54) is 33.2 Å². The summed E-state index contributed by atoms with van der Waals surface area (Å²) in [6.07, 6.45) is 2.11. The maximum atomic E-state index is 2.21. The van der Waals surface area contributed by atoms with Gasteiger partial charge in [-0.1, -0.05) is 0 Å². The van der Waals surface area contributed by atoms with Gasteiger partial charge < -0.3 is 0 Å². The molecular formula is C14H18N+. The maximum Gasteiger partial charge on any atom is 0.215 e. The number of hydrogen-bond donors (Lipinski definition) is 0. The Hall–Kier alpha value is -1.37. The molecule has 2 aromatic rings. The van der Waals surface area contributed by atoms with E-state index in [0.29, 0.717) is 0 Å². The van der Waals surface area contributed by atoms with Gasteiger partial charge in [0.1, 0.15) is 7.05 Å². The predicted octanol–water partition coefficient (Wildman–Crippen LogP) is 2.90. The molecule has 0 radical (unpaired) electrons. The third kappa shape index (κ3) is 1.34. The van der Waals surface area contributed by atoms with Gasteiger partial charge in [0.25, 0.3) is 0 Å². The first-order valence-electron chi connectivity index (χ1n) is 5.38. The van der Waals surface area contributed by atoms with E-state index in [9.17, 15) is 0 Å². The first-order valence-corrected chi connectivity index (χ1v) is 5.38.